The molecule has 0 heterocycles. The highest BCUT2D eigenvalue weighted by molar-refractivity contribution is 6.40. The molecule has 0 radical (unpaired) electrons. The maximum Gasteiger partial charge on any atom is 0.339 e. The van der Waals surface area contributed by atoms with Crippen LogP contribution in [0.1, 0.15) is 43.0 Å². The third kappa shape index (κ3) is 4.31. The van der Waals surface area contributed by atoms with Crippen molar-refractivity contribution < 1.29 is 19.1 Å². The molecule has 1 aliphatic rings. The number of rotatable bonds is 3. The predicted octanol–water partition coefficient (Wildman–Crippen LogP) is 2.11. The van der Waals surface area contributed by atoms with Crippen LogP contribution in [0.3, 0.4) is 0 Å². The molecule has 2 amide bonds. The second-order valence-corrected chi connectivity index (χ2v) is 5.83. The molecule has 1 aromatic carbocycles. The van der Waals surface area contributed by atoms with E-state index >= 15 is 0 Å². The van der Waals surface area contributed by atoms with Gasteiger partial charge in [-0.15, -0.1) is 0 Å². The Morgan fingerprint density at radius 3 is 2.48 bits per heavy atom. The lowest BCUT2D eigenvalue weighted by molar-refractivity contribution is -0.137. The first-order chi connectivity index (χ1) is 11.0. The fourth-order valence-corrected chi connectivity index (χ4v) is 2.82. The molecular formula is C17H22N2O4. The molecule has 2 N–H and O–H groups in total. The van der Waals surface area contributed by atoms with Crippen molar-refractivity contribution in [2.75, 3.05) is 12.4 Å². The Morgan fingerprint density at radius 1 is 1.09 bits per heavy atom. The SMILES string of the molecule is COC(=O)c1ccccc1NC(=O)C(=O)NC1CCCCC1C. The van der Waals surface area contributed by atoms with Gasteiger partial charge in [-0.1, -0.05) is 31.9 Å². The maximum absolute atomic E-state index is 12.1. The van der Waals surface area contributed by atoms with Crippen molar-refractivity contribution >= 4 is 23.5 Å². The van der Waals surface area contributed by atoms with E-state index < -0.39 is 17.8 Å². The lowest BCUT2D eigenvalue weighted by atomic mass is 9.86. The summed E-state index contributed by atoms with van der Waals surface area (Å²) in [6, 6.07) is 6.44. The summed E-state index contributed by atoms with van der Waals surface area (Å²) in [5, 5.41) is 5.26. The van der Waals surface area contributed by atoms with Gasteiger partial charge in [-0.25, -0.2) is 4.79 Å². The highest BCUT2D eigenvalue weighted by atomic mass is 16.5. The van der Waals surface area contributed by atoms with Crippen LogP contribution < -0.4 is 10.6 Å². The van der Waals surface area contributed by atoms with E-state index in [1.807, 2.05) is 0 Å². The second kappa shape index (κ2) is 7.76. The number of amides is 2. The minimum absolute atomic E-state index is 0.0258. The van der Waals surface area contributed by atoms with Crippen molar-refractivity contribution in [1.82, 2.24) is 5.32 Å². The lowest BCUT2D eigenvalue weighted by Crippen LogP contribution is -2.45. The van der Waals surface area contributed by atoms with Gasteiger partial charge in [-0.3, -0.25) is 9.59 Å². The molecule has 2 rings (SSSR count). The van der Waals surface area contributed by atoms with E-state index in [2.05, 4.69) is 22.3 Å². The Kier molecular flexibility index (Phi) is 5.73. The molecule has 124 valence electrons. The third-order valence-corrected chi connectivity index (χ3v) is 4.21. The first-order valence-corrected chi connectivity index (χ1v) is 7.82. The van der Waals surface area contributed by atoms with E-state index in [-0.39, 0.29) is 17.3 Å². The van der Waals surface area contributed by atoms with E-state index in [1.165, 1.54) is 13.2 Å². The highest BCUT2D eigenvalue weighted by Crippen LogP contribution is 2.23. The molecule has 23 heavy (non-hydrogen) atoms. The number of benzene rings is 1. The Hall–Kier alpha value is -2.37. The zero-order chi connectivity index (χ0) is 16.8. The number of carbonyl (C=O) groups is 3. The number of nitrogens with one attached hydrogen (secondary N) is 2. The van der Waals surface area contributed by atoms with E-state index in [0.29, 0.717) is 5.92 Å². The Labute approximate surface area is 135 Å². The van der Waals surface area contributed by atoms with Gasteiger partial charge < -0.3 is 15.4 Å². The van der Waals surface area contributed by atoms with Crippen LogP contribution in [0.5, 0.6) is 0 Å². The van der Waals surface area contributed by atoms with Crippen molar-refractivity contribution in [3.05, 3.63) is 29.8 Å². The van der Waals surface area contributed by atoms with Gasteiger partial charge in [0, 0.05) is 6.04 Å². The third-order valence-electron chi connectivity index (χ3n) is 4.21. The summed E-state index contributed by atoms with van der Waals surface area (Å²) >= 11 is 0. The molecular weight excluding hydrogens is 296 g/mol. The van der Waals surface area contributed by atoms with Gasteiger partial charge in [0.25, 0.3) is 0 Å². The Morgan fingerprint density at radius 2 is 1.78 bits per heavy atom. The van der Waals surface area contributed by atoms with Crippen LogP contribution in [0.25, 0.3) is 0 Å². The molecule has 1 aromatic rings. The summed E-state index contributed by atoms with van der Waals surface area (Å²) in [6.45, 7) is 2.08. The van der Waals surface area contributed by atoms with Crippen LogP contribution in [-0.4, -0.2) is 30.9 Å². The molecule has 1 fully saturated rings. The fraction of sp³-hybridized carbons (Fsp3) is 0.471. The van der Waals surface area contributed by atoms with Gasteiger partial charge in [0.2, 0.25) is 0 Å². The van der Waals surface area contributed by atoms with Gasteiger partial charge in [-0.2, -0.15) is 0 Å². The standard InChI is InChI=1S/C17H22N2O4/c1-11-7-3-5-9-13(11)18-15(20)16(21)19-14-10-6-4-8-12(14)17(22)23-2/h4,6,8,10-11,13H,3,5,7,9H2,1-2H3,(H,18,20)(H,19,21). The molecule has 1 aliphatic carbocycles. The highest BCUT2D eigenvalue weighted by Gasteiger charge is 2.26. The Balaban J connectivity index is 2.01. The summed E-state index contributed by atoms with van der Waals surface area (Å²) in [4.78, 5) is 35.8. The summed E-state index contributed by atoms with van der Waals surface area (Å²) < 4.78 is 4.66. The maximum atomic E-state index is 12.1. The smallest absolute Gasteiger partial charge is 0.339 e. The minimum atomic E-state index is -0.779. The van der Waals surface area contributed by atoms with E-state index in [4.69, 9.17) is 0 Å². The summed E-state index contributed by atoms with van der Waals surface area (Å²) in [5.74, 6) is -1.66. The first kappa shape index (κ1) is 17.0. The number of hydrogen-bond donors (Lipinski definition) is 2. The van der Waals surface area contributed by atoms with Crippen LogP contribution in [0, 0.1) is 5.92 Å². The molecule has 6 nitrogen and oxygen atoms in total. The zero-order valence-corrected chi connectivity index (χ0v) is 13.4. The van der Waals surface area contributed by atoms with Crippen LogP contribution in [0.4, 0.5) is 5.69 Å². The number of para-hydroxylation sites is 1. The van der Waals surface area contributed by atoms with Crippen molar-refractivity contribution in [2.24, 2.45) is 5.92 Å². The van der Waals surface area contributed by atoms with E-state index in [0.717, 1.165) is 25.7 Å². The summed E-state index contributed by atoms with van der Waals surface area (Å²) in [5.41, 5.74) is 0.471. The molecule has 2 atom stereocenters. The average Bonchev–Trinajstić information content (AvgIpc) is 2.56. The zero-order valence-electron chi connectivity index (χ0n) is 13.4. The fourth-order valence-electron chi connectivity index (χ4n) is 2.82. The van der Waals surface area contributed by atoms with Gasteiger partial charge in [0.15, 0.2) is 0 Å². The average molecular weight is 318 g/mol. The van der Waals surface area contributed by atoms with Crippen LogP contribution in [-0.2, 0) is 14.3 Å². The quantitative estimate of drug-likeness (QED) is 0.660. The van der Waals surface area contributed by atoms with Crippen LogP contribution in [0.15, 0.2) is 24.3 Å². The van der Waals surface area contributed by atoms with E-state index in [1.54, 1.807) is 18.2 Å². The monoisotopic (exact) mass is 318 g/mol. The summed E-state index contributed by atoms with van der Waals surface area (Å²) in [7, 11) is 1.26. The number of hydrogen-bond acceptors (Lipinski definition) is 4. The summed E-state index contributed by atoms with van der Waals surface area (Å²) in [6.07, 6.45) is 4.16. The van der Waals surface area contributed by atoms with Gasteiger partial charge in [0.05, 0.1) is 18.4 Å². The molecule has 0 aromatic heterocycles. The van der Waals surface area contributed by atoms with Gasteiger partial charge >= 0.3 is 17.8 Å². The number of ether oxygens (including phenoxy) is 1. The topological polar surface area (TPSA) is 84.5 Å². The second-order valence-electron chi connectivity index (χ2n) is 5.83. The van der Waals surface area contributed by atoms with Crippen molar-refractivity contribution in [2.45, 2.75) is 38.6 Å². The molecule has 0 saturated heterocycles. The lowest BCUT2D eigenvalue weighted by Gasteiger charge is -2.29. The van der Waals surface area contributed by atoms with Crippen molar-refractivity contribution in [3.8, 4) is 0 Å². The molecule has 6 heteroatoms. The van der Waals surface area contributed by atoms with Crippen LogP contribution in [0.2, 0.25) is 0 Å². The first-order valence-electron chi connectivity index (χ1n) is 7.82. The largest absolute Gasteiger partial charge is 0.465 e. The van der Waals surface area contributed by atoms with Crippen LogP contribution >= 0.6 is 0 Å². The predicted molar refractivity (Wildman–Crippen MR) is 86.0 cm³/mol. The van der Waals surface area contributed by atoms with Gasteiger partial charge in [0.1, 0.15) is 0 Å². The molecule has 1 saturated carbocycles. The van der Waals surface area contributed by atoms with Crippen molar-refractivity contribution in [1.29, 1.82) is 0 Å². The molecule has 0 spiro atoms. The van der Waals surface area contributed by atoms with E-state index in [9.17, 15) is 14.4 Å². The van der Waals surface area contributed by atoms with Crippen molar-refractivity contribution in [3.63, 3.8) is 0 Å². The Bertz CT molecular complexity index is 600. The molecule has 0 bridgehead atoms. The number of anilines is 1. The molecule has 2 unspecified atom stereocenters. The number of esters is 1. The normalized spacial score (nSPS) is 20.4. The van der Waals surface area contributed by atoms with Gasteiger partial charge in [-0.05, 0) is 30.9 Å². The molecule has 0 aliphatic heterocycles. The number of methoxy groups -OCH3 is 1. The number of carbonyl (C=O) groups excluding carboxylic acids is 3. The minimum Gasteiger partial charge on any atom is -0.465 e.